The zero-order valence-electron chi connectivity index (χ0n) is 15.9. The van der Waals surface area contributed by atoms with Crippen LogP contribution in [0.15, 0.2) is 48.5 Å². The molecule has 1 fully saturated rings. The van der Waals surface area contributed by atoms with Gasteiger partial charge in [-0.05, 0) is 44.4 Å². The van der Waals surface area contributed by atoms with Gasteiger partial charge < -0.3 is 15.4 Å². The molecule has 6 heteroatoms. The Morgan fingerprint density at radius 2 is 1.89 bits per heavy atom. The lowest BCUT2D eigenvalue weighted by Crippen LogP contribution is -2.54. The number of aryl methyl sites for hydroxylation is 1. The number of rotatable bonds is 7. The molecule has 1 aliphatic rings. The first-order valence-electron chi connectivity index (χ1n) is 9.38. The van der Waals surface area contributed by atoms with Gasteiger partial charge in [-0.25, -0.2) is 0 Å². The molecule has 0 radical (unpaired) electrons. The van der Waals surface area contributed by atoms with E-state index in [-0.39, 0.29) is 22.2 Å². The van der Waals surface area contributed by atoms with Crippen LogP contribution in [-0.2, 0) is 4.74 Å². The second kappa shape index (κ2) is 8.50. The minimum atomic E-state index is -0.345. The van der Waals surface area contributed by atoms with E-state index in [9.17, 15) is 10.1 Å². The molecule has 1 saturated heterocycles. The highest BCUT2D eigenvalue weighted by molar-refractivity contribution is 5.53. The average molecular weight is 369 g/mol. The van der Waals surface area contributed by atoms with E-state index in [2.05, 4.69) is 41.8 Å². The fourth-order valence-electron chi connectivity index (χ4n) is 3.66. The summed E-state index contributed by atoms with van der Waals surface area (Å²) in [5.74, 6) is 0. The van der Waals surface area contributed by atoms with Gasteiger partial charge in [0.25, 0.3) is 5.69 Å². The topological polar surface area (TPSA) is 76.4 Å². The Kier molecular flexibility index (Phi) is 6.08. The van der Waals surface area contributed by atoms with Crippen molar-refractivity contribution in [2.24, 2.45) is 0 Å². The van der Waals surface area contributed by atoms with E-state index in [4.69, 9.17) is 4.74 Å². The molecular formula is C21H27N3O3. The summed E-state index contributed by atoms with van der Waals surface area (Å²) >= 11 is 0. The molecule has 1 atom stereocenters. The molecule has 1 unspecified atom stereocenters. The molecule has 0 bridgehead atoms. The Hall–Kier alpha value is -2.44. The summed E-state index contributed by atoms with van der Waals surface area (Å²) in [5, 5.41) is 18.3. The van der Waals surface area contributed by atoms with Gasteiger partial charge in [0.15, 0.2) is 0 Å². The summed E-state index contributed by atoms with van der Waals surface area (Å²) in [7, 11) is 0. The summed E-state index contributed by atoms with van der Waals surface area (Å²) in [6.45, 7) is 6.15. The van der Waals surface area contributed by atoms with E-state index in [1.807, 2.05) is 12.1 Å². The van der Waals surface area contributed by atoms with Gasteiger partial charge in [-0.2, -0.15) is 0 Å². The minimum absolute atomic E-state index is 0.0802. The van der Waals surface area contributed by atoms with Crippen LogP contribution in [0.3, 0.4) is 0 Å². The Balaban J connectivity index is 1.71. The average Bonchev–Trinajstić information content (AvgIpc) is 2.67. The van der Waals surface area contributed by atoms with Crippen LogP contribution in [-0.4, -0.2) is 30.2 Å². The van der Waals surface area contributed by atoms with Gasteiger partial charge in [0.1, 0.15) is 0 Å². The van der Waals surface area contributed by atoms with E-state index in [1.165, 1.54) is 5.56 Å². The molecule has 0 amide bonds. The molecule has 1 heterocycles. The Morgan fingerprint density at radius 3 is 2.52 bits per heavy atom. The Morgan fingerprint density at radius 1 is 1.19 bits per heavy atom. The summed E-state index contributed by atoms with van der Waals surface area (Å²) in [5.41, 5.74) is 2.89. The van der Waals surface area contributed by atoms with Crippen LogP contribution in [0.25, 0.3) is 0 Å². The van der Waals surface area contributed by atoms with Crippen molar-refractivity contribution in [3.63, 3.8) is 0 Å². The van der Waals surface area contributed by atoms with Gasteiger partial charge >= 0.3 is 0 Å². The Labute approximate surface area is 160 Å². The summed E-state index contributed by atoms with van der Waals surface area (Å²) in [6.07, 6.45) is 1.84. The number of nitro benzene ring substituents is 1. The van der Waals surface area contributed by atoms with Gasteiger partial charge in [-0.1, -0.05) is 30.3 Å². The SMILES string of the molecule is Cc1cc(NCC2(NC(C)c3ccccc3)CCOCC2)ccc1[N+](=O)[O-]. The number of hydrogen-bond donors (Lipinski definition) is 2. The second-order valence-electron chi connectivity index (χ2n) is 7.28. The van der Waals surface area contributed by atoms with Crippen LogP contribution in [0.1, 0.15) is 36.9 Å². The number of hydrogen-bond acceptors (Lipinski definition) is 5. The standard InChI is InChI=1S/C21H27N3O3/c1-16-14-19(8-9-20(16)24(25)26)22-15-21(10-12-27-13-11-21)23-17(2)18-6-4-3-5-7-18/h3-9,14,17,22-23H,10-13,15H2,1-2H3. The fraction of sp³-hybridized carbons (Fsp3) is 0.429. The third-order valence-electron chi connectivity index (χ3n) is 5.30. The van der Waals surface area contributed by atoms with Crippen molar-refractivity contribution in [1.82, 2.24) is 5.32 Å². The smallest absolute Gasteiger partial charge is 0.272 e. The van der Waals surface area contributed by atoms with Crippen LogP contribution in [0.4, 0.5) is 11.4 Å². The maximum atomic E-state index is 11.0. The van der Waals surface area contributed by atoms with E-state index >= 15 is 0 Å². The molecule has 144 valence electrons. The molecule has 0 saturated carbocycles. The second-order valence-corrected chi connectivity index (χ2v) is 7.28. The van der Waals surface area contributed by atoms with Crippen LogP contribution < -0.4 is 10.6 Å². The number of anilines is 1. The predicted octanol–water partition coefficient (Wildman–Crippen LogP) is 4.22. The Bertz CT molecular complexity index is 773. The van der Waals surface area contributed by atoms with Gasteiger partial charge in [0.2, 0.25) is 0 Å². The maximum Gasteiger partial charge on any atom is 0.272 e. The van der Waals surface area contributed by atoms with Gasteiger partial charge in [-0.3, -0.25) is 10.1 Å². The highest BCUT2D eigenvalue weighted by Crippen LogP contribution is 2.27. The summed E-state index contributed by atoms with van der Waals surface area (Å²) in [6, 6.07) is 15.8. The third-order valence-corrected chi connectivity index (χ3v) is 5.30. The first kappa shape index (κ1) is 19.3. The molecule has 27 heavy (non-hydrogen) atoms. The first-order valence-corrected chi connectivity index (χ1v) is 9.38. The quantitative estimate of drug-likeness (QED) is 0.565. The highest BCUT2D eigenvalue weighted by atomic mass is 16.6. The predicted molar refractivity (Wildman–Crippen MR) is 107 cm³/mol. The number of ether oxygens (including phenoxy) is 1. The lowest BCUT2D eigenvalue weighted by atomic mass is 9.88. The maximum absolute atomic E-state index is 11.0. The van der Waals surface area contributed by atoms with Crippen LogP contribution in [0, 0.1) is 17.0 Å². The lowest BCUT2D eigenvalue weighted by Gasteiger charge is -2.41. The molecule has 2 aromatic carbocycles. The van der Waals surface area contributed by atoms with Crippen LogP contribution in [0.5, 0.6) is 0 Å². The zero-order valence-corrected chi connectivity index (χ0v) is 15.9. The summed E-state index contributed by atoms with van der Waals surface area (Å²) in [4.78, 5) is 10.7. The summed E-state index contributed by atoms with van der Waals surface area (Å²) < 4.78 is 5.58. The number of nitrogens with one attached hydrogen (secondary N) is 2. The molecule has 1 aliphatic heterocycles. The molecular weight excluding hydrogens is 342 g/mol. The first-order chi connectivity index (χ1) is 13.0. The van der Waals surface area contributed by atoms with Crippen molar-refractivity contribution in [3.8, 4) is 0 Å². The fourth-order valence-corrected chi connectivity index (χ4v) is 3.66. The molecule has 2 aromatic rings. The van der Waals surface area contributed by atoms with E-state index < -0.39 is 0 Å². The molecule has 2 N–H and O–H groups in total. The number of nitro groups is 1. The van der Waals surface area contributed by atoms with Crippen molar-refractivity contribution >= 4 is 11.4 Å². The van der Waals surface area contributed by atoms with Crippen molar-refractivity contribution < 1.29 is 9.66 Å². The highest BCUT2D eigenvalue weighted by Gasteiger charge is 2.33. The largest absolute Gasteiger partial charge is 0.383 e. The molecule has 6 nitrogen and oxygen atoms in total. The van der Waals surface area contributed by atoms with E-state index in [0.717, 1.165) is 38.3 Å². The van der Waals surface area contributed by atoms with Gasteiger partial charge in [-0.15, -0.1) is 0 Å². The van der Waals surface area contributed by atoms with Crippen molar-refractivity contribution in [3.05, 3.63) is 69.8 Å². The molecule has 0 aromatic heterocycles. The van der Waals surface area contributed by atoms with Crippen molar-refractivity contribution in [2.45, 2.75) is 38.3 Å². The normalized spacial score (nSPS) is 17.3. The monoisotopic (exact) mass is 369 g/mol. The molecule has 0 aliphatic carbocycles. The molecule has 0 spiro atoms. The van der Waals surface area contributed by atoms with Gasteiger partial charge in [0.05, 0.1) is 4.92 Å². The van der Waals surface area contributed by atoms with Crippen LogP contribution in [0.2, 0.25) is 0 Å². The lowest BCUT2D eigenvalue weighted by molar-refractivity contribution is -0.385. The van der Waals surface area contributed by atoms with Gasteiger partial charge in [0, 0.05) is 48.7 Å². The van der Waals surface area contributed by atoms with Crippen molar-refractivity contribution in [1.29, 1.82) is 0 Å². The number of benzene rings is 2. The zero-order chi connectivity index (χ0) is 19.3. The third kappa shape index (κ3) is 4.84. The van der Waals surface area contributed by atoms with Crippen LogP contribution >= 0.6 is 0 Å². The van der Waals surface area contributed by atoms with E-state index in [1.54, 1.807) is 19.1 Å². The van der Waals surface area contributed by atoms with Crippen molar-refractivity contribution in [2.75, 3.05) is 25.1 Å². The minimum Gasteiger partial charge on any atom is -0.383 e. The van der Waals surface area contributed by atoms with E-state index in [0.29, 0.717) is 5.56 Å². The number of nitrogens with zero attached hydrogens (tertiary/aromatic N) is 1. The molecule has 3 rings (SSSR count).